The van der Waals surface area contributed by atoms with Gasteiger partial charge in [-0.1, -0.05) is 22.8 Å². The number of nitrogens with zero attached hydrogens (tertiary/aromatic N) is 5. The highest BCUT2D eigenvalue weighted by atomic mass is 35.5. The van der Waals surface area contributed by atoms with Crippen LogP contribution >= 0.6 is 22.9 Å². The lowest BCUT2D eigenvalue weighted by Crippen LogP contribution is -2.22. The summed E-state index contributed by atoms with van der Waals surface area (Å²) in [7, 11) is 0. The summed E-state index contributed by atoms with van der Waals surface area (Å²) >= 11 is 7.38. The van der Waals surface area contributed by atoms with Crippen molar-refractivity contribution in [3.8, 4) is 0 Å². The van der Waals surface area contributed by atoms with E-state index in [1.165, 1.54) is 16.0 Å². The van der Waals surface area contributed by atoms with Crippen LogP contribution in [0.4, 0.5) is 5.82 Å². The van der Waals surface area contributed by atoms with E-state index in [0.717, 1.165) is 4.88 Å². The third-order valence-electron chi connectivity index (χ3n) is 3.25. The van der Waals surface area contributed by atoms with Crippen LogP contribution in [0, 0.1) is 17.0 Å². The van der Waals surface area contributed by atoms with Gasteiger partial charge in [-0.15, -0.1) is 11.3 Å². The Balaban J connectivity index is 1.68. The maximum Gasteiger partial charge on any atom is 0.408 e. The average Bonchev–Trinajstić information content (AvgIpc) is 3.30. The van der Waals surface area contributed by atoms with Crippen LogP contribution < -0.4 is 5.32 Å². The third-order valence-corrected chi connectivity index (χ3v) is 4.57. The van der Waals surface area contributed by atoms with Gasteiger partial charge in [0, 0.05) is 4.88 Å². The number of nitro groups is 1. The van der Waals surface area contributed by atoms with Crippen molar-refractivity contribution in [3.63, 3.8) is 0 Å². The van der Waals surface area contributed by atoms with Crippen molar-refractivity contribution >= 4 is 34.7 Å². The normalized spacial score (nSPS) is 10.8. The Hall–Kier alpha value is -2.79. The first-order chi connectivity index (χ1) is 12.0. The fraction of sp³-hybridized carbons (Fsp3) is 0.231. The number of amides is 1. The van der Waals surface area contributed by atoms with Gasteiger partial charge in [0.25, 0.3) is 0 Å². The fourth-order valence-corrected chi connectivity index (χ4v) is 2.83. The van der Waals surface area contributed by atoms with Gasteiger partial charge in [0.1, 0.15) is 6.54 Å². The molecule has 0 fully saturated rings. The van der Waals surface area contributed by atoms with Gasteiger partial charge in [-0.25, -0.2) is 0 Å². The lowest BCUT2D eigenvalue weighted by Gasteiger charge is -1.98. The molecule has 130 valence electrons. The lowest BCUT2D eigenvalue weighted by atomic mass is 10.4. The molecule has 0 saturated heterocycles. The van der Waals surface area contributed by atoms with E-state index < -0.39 is 16.6 Å². The fourth-order valence-electron chi connectivity index (χ4n) is 1.98. The molecule has 1 amide bonds. The van der Waals surface area contributed by atoms with Crippen LogP contribution in [0.5, 0.6) is 0 Å². The molecule has 12 heteroatoms. The number of carbonyl (C=O) groups excluding carboxylic acids is 1. The second kappa shape index (κ2) is 6.99. The number of aromatic nitrogens is 4. The summed E-state index contributed by atoms with van der Waals surface area (Å²) in [6.07, 6.45) is 0. The first kappa shape index (κ1) is 17.0. The summed E-state index contributed by atoms with van der Waals surface area (Å²) in [6, 6.07) is 3.77. The van der Waals surface area contributed by atoms with Gasteiger partial charge >= 0.3 is 17.6 Å². The number of halogens is 1. The quantitative estimate of drug-likeness (QED) is 0.510. The smallest absolute Gasteiger partial charge is 0.358 e. The predicted octanol–water partition coefficient (Wildman–Crippen LogP) is 2.18. The van der Waals surface area contributed by atoms with E-state index in [2.05, 4.69) is 20.6 Å². The van der Waals surface area contributed by atoms with E-state index in [0.29, 0.717) is 12.2 Å². The van der Waals surface area contributed by atoms with Crippen LogP contribution in [0.15, 0.2) is 22.0 Å². The molecule has 3 rings (SSSR count). The summed E-state index contributed by atoms with van der Waals surface area (Å²) in [5.41, 5.74) is 0.391. The maximum atomic E-state index is 12.0. The standard InChI is InChI=1S/C13H11ClN6O4S/c1-7-10(14)11(20(22)23)17-19(7)6-9-16-13(24-18-9)12(21)15-5-8-3-2-4-25-8/h2-4H,5-6H2,1H3,(H,15,21). The van der Waals surface area contributed by atoms with Gasteiger partial charge in [0.2, 0.25) is 0 Å². The van der Waals surface area contributed by atoms with Crippen LogP contribution in [0.3, 0.4) is 0 Å². The Morgan fingerprint density at radius 3 is 3.00 bits per heavy atom. The van der Waals surface area contributed by atoms with Gasteiger partial charge in [-0.2, -0.15) is 9.67 Å². The summed E-state index contributed by atoms with van der Waals surface area (Å²) < 4.78 is 6.19. The first-order valence-corrected chi connectivity index (χ1v) is 8.22. The summed E-state index contributed by atoms with van der Waals surface area (Å²) in [5.74, 6) is -1.000. The SMILES string of the molecule is Cc1c(Cl)c([N+](=O)[O-])nn1Cc1noc(C(=O)NCc2cccs2)n1. The summed E-state index contributed by atoms with van der Waals surface area (Å²) in [6.45, 7) is 1.92. The van der Waals surface area contributed by atoms with Crippen molar-refractivity contribution in [2.24, 2.45) is 0 Å². The van der Waals surface area contributed by atoms with Crippen molar-refractivity contribution in [2.45, 2.75) is 20.0 Å². The van der Waals surface area contributed by atoms with Gasteiger partial charge < -0.3 is 20.0 Å². The molecule has 0 aromatic carbocycles. The molecule has 0 aliphatic rings. The lowest BCUT2D eigenvalue weighted by molar-refractivity contribution is -0.389. The van der Waals surface area contributed by atoms with Crippen LogP contribution in [0.1, 0.15) is 27.1 Å². The Labute approximate surface area is 149 Å². The Kier molecular flexibility index (Phi) is 4.76. The Bertz CT molecular complexity index is 919. The second-order valence-corrected chi connectivity index (χ2v) is 6.33. The highest BCUT2D eigenvalue weighted by molar-refractivity contribution is 7.09. The van der Waals surface area contributed by atoms with Crippen molar-refractivity contribution in [3.05, 3.63) is 54.9 Å². The zero-order valence-electron chi connectivity index (χ0n) is 12.8. The van der Waals surface area contributed by atoms with Crippen LogP contribution in [-0.4, -0.2) is 30.8 Å². The molecule has 0 saturated carbocycles. The largest absolute Gasteiger partial charge is 0.408 e. The number of rotatable bonds is 6. The van der Waals surface area contributed by atoms with Crippen molar-refractivity contribution < 1.29 is 14.2 Å². The van der Waals surface area contributed by atoms with Gasteiger partial charge in [0.05, 0.1) is 17.3 Å². The van der Waals surface area contributed by atoms with E-state index in [1.54, 1.807) is 6.92 Å². The van der Waals surface area contributed by atoms with Crippen LogP contribution in [0.2, 0.25) is 5.02 Å². The van der Waals surface area contributed by atoms with Crippen molar-refractivity contribution in [1.82, 2.24) is 25.2 Å². The average molecular weight is 383 g/mol. The highest BCUT2D eigenvalue weighted by Gasteiger charge is 2.25. The molecular formula is C13H11ClN6O4S. The molecule has 25 heavy (non-hydrogen) atoms. The first-order valence-electron chi connectivity index (χ1n) is 6.96. The summed E-state index contributed by atoms with van der Waals surface area (Å²) in [4.78, 5) is 27.1. The third kappa shape index (κ3) is 3.67. The molecule has 3 aromatic heterocycles. The molecule has 0 unspecified atom stereocenters. The molecule has 0 radical (unpaired) electrons. The molecule has 1 N–H and O–H groups in total. The Morgan fingerprint density at radius 2 is 2.36 bits per heavy atom. The molecule has 0 aliphatic heterocycles. The molecule has 0 atom stereocenters. The number of thiophene rings is 1. The molecule has 0 bridgehead atoms. The van der Waals surface area contributed by atoms with E-state index in [1.807, 2.05) is 17.5 Å². The maximum absolute atomic E-state index is 12.0. The predicted molar refractivity (Wildman–Crippen MR) is 87.5 cm³/mol. The molecule has 10 nitrogen and oxygen atoms in total. The number of nitrogens with one attached hydrogen (secondary N) is 1. The van der Waals surface area contributed by atoms with E-state index >= 15 is 0 Å². The topological polar surface area (TPSA) is 129 Å². The number of hydrogen-bond acceptors (Lipinski definition) is 8. The summed E-state index contributed by atoms with van der Waals surface area (Å²) in [5, 5.41) is 22.8. The monoisotopic (exact) mass is 382 g/mol. The van der Waals surface area contributed by atoms with Gasteiger partial charge in [-0.05, 0) is 23.3 Å². The van der Waals surface area contributed by atoms with E-state index in [-0.39, 0.29) is 23.3 Å². The molecular weight excluding hydrogens is 372 g/mol. The van der Waals surface area contributed by atoms with E-state index in [9.17, 15) is 14.9 Å². The van der Waals surface area contributed by atoms with Crippen molar-refractivity contribution in [1.29, 1.82) is 0 Å². The number of carbonyl (C=O) groups is 1. The van der Waals surface area contributed by atoms with E-state index in [4.69, 9.17) is 16.1 Å². The molecule has 0 spiro atoms. The number of hydrogen-bond donors (Lipinski definition) is 1. The second-order valence-electron chi connectivity index (χ2n) is 4.92. The van der Waals surface area contributed by atoms with Crippen LogP contribution in [-0.2, 0) is 13.1 Å². The minimum Gasteiger partial charge on any atom is -0.358 e. The molecule has 0 aliphatic carbocycles. The van der Waals surface area contributed by atoms with Gasteiger partial charge in [-0.3, -0.25) is 4.79 Å². The minimum absolute atomic E-state index is 0.0128. The van der Waals surface area contributed by atoms with Gasteiger partial charge in [0.15, 0.2) is 10.8 Å². The zero-order chi connectivity index (χ0) is 18.0. The minimum atomic E-state index is -0.675. The zero-order valence-corrected chi connectivity index (χ0v) is 14.4. The van der Waals surface area contributed by atoms with Crippen LogP contribution in [0.25, 0.3) is 0 Å². The highest BCUT2D eigenvalue weighted by Crippen LogP contribution is 2.26. The molecule has 3 aromatic rings. The van der Waals surface area contributed by atoms with Crippen molar-refractivity contribution in [2.75, 3.05) is 0 Å². The Morgan fingerprint density at radius 1 is 1.56 bits per heavy atom. The molecule has 3 heterocycles.